The standard InChI is InChI=1S/C19H22BrF3N6O4/c1-12(33-14-10-26-27-17(31)16(14)20)11-32-7-2-15(30)28-3-5-29(6-4-28)18-24-8-13(9-25-18)19(21,22)23/h8-10,12,16H,2-7,11H2,1H3/t12-,16?/m0/s1. The molecule has 10 nitrogen and oxygen atoms in total. The number of anilines is 1. The van der Waals surface area contributed by atoms with Gasteiger partial charge in [-0.25, -0.2) is 9.97 Å². The lowest BCUT2D eigenvalue weighted by molar-refractivity contribution is -0.138. The van der Waals surface area contributed by atoms with Gasteiger partial charge in [-0.3, -0.25) is 9.59 Å². The van der Waals surface area contributed by atoms with Gasteiger partial charge in [0.2, 0.25) is 11.9 Å². The minimum absolute atomic E-state index is 0.0851. The number of rotatable bonds is 8. The van der Waals surface area contributed by atoms with Crippen LogP contribution in [0.15, 0.2) is 34.6 Å². The first-order chi connectivity index (χ1) is 15.6. The zero-order chi connectivity index (χ0) is 24.0. The third kappa shape index (κ3) is 6.93. The van der Waals surface area contributed by atoms with Crippen LogP contribution in [-0.4, -0.2) is 77.0 Å². The van der Waals surface area contributed by atoms with Gasteiger partial charge in [0.1, 0.15) is 11.9 Å². The molecule has 1 aromatic rings. The number of hydrogen-bond donors (Lipinski definition) is 0. The van der Waals surface area contributed by atoms with Gasteiger partial charge in [0.25, 0.3) is 5.91 Å². The number of azo groups is 1. The van der Waals surface area contributed by atoms with Crippen LogP contribution in [0.5, 0.6) is 0 Å². The van der Waals surface area contributed by atoms with Crippen molar-refractivity contribution in [1.82, 2.24) is 14.9 Å². The van der Waals surface area contributed by atoms with E-state index in [0.29, 0.717) is 31.9 Å². The summed E-state index contributed by atoms with van der Waals surface area (Å²) in [6, 6.07) is 0. The SMILES string of the molecule is C[C@@H](COCCC(=O)N1CCN(c2ncc(C(F)(F)F)cn2)CC1)OC1=CN=NC(=O)C1Br. The number of hydrogen-bond acceptors (Lipinski definition) is 8. The van der Waals surface area contributed by atoms with E-state index in [0.717, 1.165) is 12.4 Å². The Morgan fingerprint density at radius 3 is 2.55 bits per heavy atom. The largest absolute Gasteiger partial charge is 0.489 e. The predicted octanol–water partition coefficient (Wildman–Crippen LogP) is 2.55. The highest BCUT2D eigenvalue weighted by Gasteiger charge is 2.32. The fourth-order valence-corrected chi connectivity index (χ4v) is 3.41. The normalized spacial score (nSPS) is 20.0. The first-order valence-electron chi connectivity index (χ1n) is 10.1. The third-order valence-electron chi connectivity index (χ3n) is 4.84. The van der Waals surface area contributed by atoms with Crippen molar-refractivity contribution in [2.24, 2.45) is 10.2 Å². The van der Waals surface area contributed by atoms with E-state index in [2.05, 4.69) is 36.1 Å². The molecule has 0 aromatic carbocycles. The van der Waals surface area contributed by atoms with Crippen molar-refractivity contribution in [3.63, 3.8) is 0 Å². The second kappa shape index (κ2) is 11.0. The monoisotopic (exact) mass is 534 g/mol. The van der Waals surface area contributed by atoms with Crippen LogP contribution in [0.3, 0.4) is 0 Å². The average Bonchev–Trinajstić information content (AvgIpc) is 2.79. The lowest BCUT2D eigenvalue weighted by Gasteiger charge is -2.34. The summed E-state index contributed by atoms with van der Waals surface area (Å²) in [6.45, 7) is 3.84. The zero-order valence-corrected chi connectivity index (χ0v) is 19.3. The van der Waals surface area contributed by atoms with E-state index in [1.165, 1.54) is 6.20 Å². The van der Waals surface area contributed by atoms with Gasteiger partial charge in [0.15, 0.2) is 4.83 Å². The fraction of sp³-hybridized carbons (Fsp3) is 0.579. The number of ether oxygens (including phenoxy) is 2. The van der Waals surface area contributed by atoms with Crippen LogP contribution < -0.4 is 4.90 Å². The van der Waals surface area contributed by atoms with E-state index in [9.17, 15) is 22.8 Å². The molecular weight excluding hydrogens is 513 g/mol. The van der Waals surface area contributed by atoms with E-state index in [1.54, 1.807) is 16.7 Å². The van der Waals surface area contributed by atoms with Crippen molar-refractivity contribution in [3.05, 3.63) is 29.9 Å². The molecule has 2 atom stereocenters. The molecule has 0 N–H and O–H groups in total. The molecule has 33 heavy (non-hydrogen) atoms. The summed E-state index contributed by atoms with van der Waals surface area (Å²) in [5.41, 5.74) is -0.902. The maximum absolute atomic E-state index is 12.6. The van der Waals surface area contributed by atoms with Crippen molar-refractivity contribution >= 4 is 33.7 Å². The van der Waals surface area contributed by atoms with E-state index < -0.39 is 22.5 Å². The molecule has 2 aliphatic heterocycles. The molecule has 14 heteroatoms. The first kappa shape index (κ1) is 25.0. The number of halogens is 4. The molecule has 0 aliphatic carbocycles. The Morgan fingerprint density at radius 1 is 1.24 bits per heavy atom. The maximum Gasteiger partial charge on any atom is 0.419 e. The van der Waals surface area contributed by atoms with Crippen LogP contribution in [0, 0.1) is 0 Å². The lowest BCUT2D eigenvalue weighted by Crippen LogP contribution is -2.49. The first-order valence-corrected chi connectivity index (χ1v) is 11.0. The molecule has 1 saturated heterocycles. The van der Waals surface area contributed by atoms with Crippen LogP contribution in [0.1, 0.15) is 18.9 Å². The zero-order valence-electron chi connectivity index (χ0n) is 17.7. The van der Waals surface area contributed by atoms with Gasteiger partial charge < -0.3 is 19.3 Å². The Morgan fingerprint density at radius 2 is 1.91 bits per heavy atom. The van der Waals surface area contributed by atoms with Gasteiger partial charge in [-0.1, -0.05) is 15.9 Å². The Labute approximate surface area is 196 Å². The number of nitrogens with zero attached hydrogens (tertiary/aromatic N) is 6. The summed E-state index contributed by atoms with van der Waals surface area (Å²) >= 11 is 3.18. The topological polar surface area (TPSA) is 110 Å². The van der Waals surface area contributed by atoms with Gasteiger partial charge in [-0.15, -0.1) is 5.11 Å². The molecule has 180 valence electrons. The van der Waals surface area contributed by atoms with E-state index in [-0.39, 0.29) is 37.6 Å². The van der Waals surface area contributed by atoms with Crippen molar-refractivity contribution < 1.29 is 32.2 Å². The number of carbonyl (C=O) groups is 2. The summed E-state index contributed by atoms with van der Waals surface area (Å²) in [5.74, 6) is 0.0146. The van der Waals surface area contributed by atoms with Gasteiger partial charge in [-0.05, 0) is 6.92 Å². The molecule has 2 amide bonds. The van der Waals surface area contributed by atoms with Gasteiger partial charge in [0.05, 0.1) is 31.4 Å². The Bertz CT molecular complexity index is 904. The molecule has 0 saturated carbocycles. The van der Waals surface area contributed by atoms with Crippen molar-refractivity contribution in [1.29, 1.82) is 0 Å². The second-order valence-electron chi connectivity index (χ2n) is 7.34. The molecule has 1 aromatic heterocycles. The quantitative estimate of drug-likeness (QED) is 0.372. The van der Waals surface area contributed by atoms with Crippen LogP contribution in [-0.2, 0) is 25.2 Å². The fourth-order valence-electron chi connectivity index (χ4n) is 3.09. The maximum atomic E-state index is 12.6. The number of carbonyl (C=O) groups excluding carboxylic acids is 2. The summed E-state index contributed by atoms with van der Waals surface area (Å²) in [4.78, 5) is 34.2. The van der Waals surface area contributed by atoms with Crippen molar-refractivity contribution in [2.75, 3.05) is 44.3 Å². The lowest BCUT2D eigenvalue weighted by atomic mass is 10.3. The van der Waals surface area contributed by atoms with Crippen LogP contribution in [0.4, 0.5) is 19.1 Å². The molecular formula is C19H22BrF3N6O4. The Kier molecular flexibility index (Phi) is 8.35. The molecule has 0 bridgehead atoms. The smallest absolute Gasteiger partial charge is 0.419 e. The van der Waals surface area contributed by atoms with Crippen LogP contribution >= 0.6 is 15.9 Å². The molecule has 0 spiro atoms. The molecule has 2 aliphatic rings. The number of piperazine rings is 1. The average molecular weight is 535 g/mol. The van der Waals surface area contributed by atoms with Crippen LogP contribution in [0.2, 0.25) is 0 Å². The molecule has 3 heterocycles. The highest BCUT2D eigenvalue weighted by molar-refractivity contribution is 9.10. The number of amides is 2. The summed E-state index contributed by atoms with van der Waals surface area (Å²) in [5, 5.41) is 6.96. The Hall–Kier alpha value is -2.61. The van der Waals surface area contributed by atoms with Gasteiger partial charge in [-0.2, -0.15) is 18.3 Å². The third-order valence-corrected chi connectivity index (χ3v) is 5.68. The van der Waals surface area contributed by atoms with E-state index in [1.807, 2.05) is 0 Å². The molecule has 1 unspecified atom stereocenters. The minimum Gasteiger partial charge on any atom is -0.489 e. The summed E-state index contributed by atoms with van der Waals surface area (Å²) in [6.07, 6.45) is -1.79. The van der Waals surface area contributed by atoms with Gasteiger partial charge >= 0.3 is 6.18 Å². The Balaban J connectivity index is 1.34. The molecule has 3 rings (SSSR count). The highest BCUT2D eigenvalue weighted by Crippen LogP contribution is 2.28. The summed E-state index contributed by atoms with van der Waals surface area (Å²) < 4.78 is 49.0. The predicted molar refractivity (Wildman–Crippen MR) is 112 cm³/mol. The molecule has 0 radical (unpaired) electrons. The highest BCUT2D eigenvalue weighted by atomic mass is 79.9. The van der Waals surface area contributed by atoms with Crippen molar-refractivity contribution in [3.8, 4) is 0 Å². The van der Waals surface area contributed by atoms with Crippen LogP contribution in [0.25, 0.3) is 0 Å². The van der Waals surface area contributed by atoms with Crippen molar-refractivity contribution in [2.45, 2.75) is 30.5 Å². The van der Waals surface area contributed by atoms with Gasteiger partial charge in [0, 0.05) is 38.6 Å². The number of aromatic nitrogens is 2. The minimum atomic E-state index is -4.48. The summed E-state index contributed by atoms with van der Waals surface area (Å²) in [7, 11) is 0. The van der Waals surface area contributed by atoms with E-state index >= 15 is 0 Å². The van der Waals surface area contributed by atoms with E-state index in [4.69, 9.17) is 9.47 Å². The molecule has 1 fully saturated rings. The second-order valence-corrected chi connectivity index (χ2v) is 8.25. The number of alkyl halides is 4.